The number of nitrogens with two attached hydrogens (primary N) is 1. The monoisotopic (exact) mass is 476 g/mol. The number of thiazole rings is 1. The first-order chi connectivity index (χ1) is 15.8. The van der Waals surface area contributed by atoms with Crippen LogP contribution in [0.1, 0.15) is 47.5 Å². The van der Waals surface area contributed by atoms with E-state index in [2.05, 4.69) is 25.5 Å². The van der Waals surface area contributed by atoms with Crippen LogP contribution in [0, 0.1) is 5.82 Å². The fraction of sp³-hybridized carbons (Fsp3) is 0.409. The topological polar surface area (TPSA) is 107 Å². The van der Waals surface area contributed by atoms with Gasteiger partial charge in [-0.25, -0.2) is 18.2 Å². The summed E-state index contributed by atoms with van der Waals surface area (Å²) in [6, 6.07) is 6.44. The van der Waals surface area contributed by atoms with E-state index >= 15 is 0 Å². The first-order valence-electron chi connectivity index (χ1n) is 10.6. The number of carbonyl (C=O) groups excluding carboxylic acids is 1. The lowest BCUT2D eigenvalue weighted by Crippen LogP contribution is -2.42. The molecule has 1 saturated carbocycles. The molecule has 0 saturated heterocycles. The van der Waals surface area contributed by atoms with E-state index < -0.39 is 24.7 Å². The van der Waals surface area contributed by atoms with E-state index in [1.165, 1.54) is 12.3 Å². The quantitative estimate of drug-likeness (QED) is 0.422. The fourth-order valence-corrected chi connectivity index (χ4v) is 4.57. The average Bonchev–Trinajstić information content (AvgIpc) is 3.29. The predicted octanol–water partition coefficient (Wildman–Crippen LogP) is 4.22. The van der Waals surface area contributed by atoms with E-state index in [1.807, 2.05) is 0 Å². The van der Waals surface area contributed by atoms with Gasteiger partial charge in [-0.15, -0.1) is 21.5 Å². The van der Waals surface area contributed by atoms with Gasteiger partial charge in [-0.1, -0.05) is 6.42 Å². The number of rotatable bonds is 10. The Labute approximate surface area is 192 Å². The Bertz CT molecular complexity index is 1120. The van der Waals surface area contributed by atoms with Crippen LogP contribution >= 0.6 is 11.3 Å². The number of hydrogen-bond donors (Lipinski definition) is 2. The van der Waals surface area contributed by atoms with Gasteiger partial charge in [-0.2, -0.15) is 0 Å². The molecular formula is C22H23F3N6OS. The number of nitrogens with zero attached hydrogens (tertiary/aromatic N) is 4. The van der Waals surface area contributed by atoms with Crippen molar-refractivity contribution in [3.63, 3.8) is 0 Å². The number of pyridine rings is 1. The number of aromatic nitrogens is 4. The van der Waals surface area contributed by atoms with Gasteiger partial charge >= 0.3 is 0 Å². The second-order valence-electron chi connectivity index (χ2n) is 8.14. The third kappa shape index (κ3) is 5.19. The number of alkyl halides is 2. The first kappa shape index (κ1) is 23.2. The maximum Gasteiger partial charge on any atom is 0.260 e. The van der Waals surface area contributed by atoms with Gasteiger partial charge in [0.1, 0.15) is 22.3 Å². The van der Waals surface area contributed by atoms with Crippen LogP contribution in [0.15, 0.2) is 36.7 Å². The molecule has 33 heavy (non-hydrogen) atoms. The zero-order valence-electron chi connectivity index (χ0n) is 17.7. The molecule has 0 unspecified atom stereocenters. The maximum atomic E-state index is 14.3. The van der Waals surface area contributed by atoms with Crippen molar-refractivity contribution in [3.8, 4) is 10.7 Å². The van der Waals surface area contributed by atoms with Gasteiger partial charge in [-0.05, 0) is 37.1 Å². The second-order valence-corrected chi connectivity index (χ2v) is 9.17. The van der Waals surface area contributed by atoms with E-state index in [-0.39, 0.29) is 22.5 Å². The third-order valence-corrected chi connectivity index (χ3v) is 6.92. The van der Waals surface area contributed by atoms with Crippen LogP contribution in [-0.4, -0.2) is 45.0 Å². The Balaban J connectivity index is 1.38. The van der Waals surface area contributed by atoms with Gasteiger partial charge in [0.25, 0.3) is 5.92 Å². The summed E-state index contributed by atoms with van der Waals surface area (Å²) in [6.45, 7) is -0.305. The molecule has 0 amide bonds. The molecule has 3 N–H and O–H groups in total. The van der Waals surface area contributed by atoms with Gasteiger partial charge in [0.15, 0.2) is 5.78 Å². The van der Waals surface area contributed by atoms with Crippen LogP contribution in [-0.2, 0) is 5.41 Å². The molecular weight excluding hydrogens is 453 g/mol. The number of carbonyl (C=O) groups is 1. The molecule has 0 aliphatic heterocycles. The van der Waals surface area contributed by atoms with E-state index in [1.54, 1.807) is 24.4 Å². The Morgan fingerprint density at radius 1 is 1.21 bits per heavy atom. The molecule has 7 nitrogen and oxygen atoms in total. The summed E-state index contributed by atoms with van der Waals surface area (Å²) in [5, 5.41) is 12.0. The van der Waals surface area contributed by atoms with Crippen LogP contribution in [0.4, 0.5) is 19.0 Å². The number of nitrogens with one attached hydrogen (secondary N) is 1. The SMILES string of the molecule is NCC(F)(F)CCC(=O)c1cnc(-c2ccc(NCC3(c4ncccc4F)CCC3)nn2)s1. The molecule has 4 rings (SSSR count). The first-order valence-corrected chi connectivity index (χ1v) is 11.4. The lowest BCUT2D eigenvalue weighted by molar-refractivity contribution is 0.000997. The van der Waals surface area contributed by atoms with Crippen molar-refractivity contribution in [2.75, 3.05) is 18.4 Å². The molecule has 11 heteroatoms. The summed E-state index contributed by atoms with van der Waals surface area (Å²) in [5.74, 6) is -3.25. The second kappa shape index (κ2) is 9.52. The largest absolute Gasteiger partial charge is 0.368 e. The predicted molar refractivity (Wildman–Crippen MR) is 119 cm³/mol. The van der Waals surface area contributed by atoms with Gasteiger partial charge in [0, 0.05) is 37.2 Å². The summed E-state index contributed by atoms with van der Waals surface area (Å²) in [5.41, 5.74) is 5.57. The highest BCUT2D eigenvalue weighted by Gasteiger charge is 2.41. The van der Waals surface area contributed by atoms with Gasteiger partial charge in [0.2, 0.25) is 0 Å². The molecule has 1 fully saturated rings. The fourth-order valence-electron chi connectivity index (χ4n) is 3.72. The Hall–Kier alpha value is -2.92. The summed E-state index contributed by atoms with van der Waals surface area (Å²) >= 11 is 1.08. The van der Waals surface area contributed by atoms with Crippen LogP contribution < -0.4 is 11.1 Å². The molecule has 3 aromatic heterocycles. The van der Waals surface area contributed by atoms with E-state index in [4.69, 9.17) is 5.73 Å². The minimum absolute atomic E-state index is 0.283. The van der Waals surface area contributed by atoms with Crippen molar-refractivity contribution < 1.29 is 18.0 Å². The van der Waals surface area contributed by atoms with E-state index in [0.29, 0.717) is 28.8 Å². The number of ketones is 1. The maximum absolute atomic E-state index is 14.3. The Kier molecular flexibility index (Phi) is 6.71. The zero-order chi connectivity index (χ0) is 23.5. The van der Waals surface area contributed by atoms with Crippen molar-refractivity contribution in [1.82, 2.24) is 20.2 Å². The average molecular weight is 477 g/mol. The number of anilines is 1. The standard InChI is InChI=1S/C22H23F3N6OS/c23-14-3-1-10-27-19(14)21(7-2-8-21)13-29-18-5-4-15(30-31-18)20-28-11-17(33-20)16(32)6-9-22(24,25)12-26/h1,3-5,10-11H,2,6-9,12-13,26H2,(H,29,31). The number of Topliss-reactive ketones (excluding diaryl/α,β-unsaturated/α-hetero) is 1. The molecule has 0 aromatic carbocycles. The summed E-state index contributed by atoms with van der Waals surface area (Å²) < 4.78 is 40.8. The van der Waals surface area contributed by atoms with Crippen LogP contribution in [0.25, 0.3) is 10.7 Å². The highest BCUT2D eigenvalue weighted by Crippen LogP contribution is 2.43. The molecule has 3 aromatic rings. The van der Waals surface area contributed by atoms with Crippen LogP contribution in [0.2, 0.25) is 0 Å². The number of hydrogen-bond acceptors (Lipinski definition) is 8. The van der Waals surface area contributed by atoms with Crippen molar-refractivity contribution in [1.29, 1.82) is 0 Å². The molecule has 174 valence electrons. The summed E-state index contributed by atoms with van der Waals surface area (Å²) in [7, 11) is 0. The van der Waals surface area contributed by atoms with E-state index in [0.717, 1.165) is 30.6 Å². The normalized spacial score (nSPS) is 15.2. The zero-order valence-corrected chi connectivity index (χ0v) is 18.5. The van der Waals surface area contributed by atoms with Crippen molar-refractivity contribution >= 4 is 22.9 Å². The van der Waals surface area contributed by atoms with Gasteiger partial charge in [-0.3, -0.25) is 9.78 Å². The molecule has 0 atom stereocenters. The third-order valence-electron chi connectivity index (χ3n) is 5.86. The van der Waals surface area contributed by atoms with Gasteiger partial charge in [0.05, 0.1) is 17.1 Å². The lowest BCUT2D eigenvalue weighted by atomic mass is 9.66. The highest BCUT2D eigenvalue weighted by molar-refractivity contribution is 7.16. The minimum atomic E-state index is -3.06. The van der Waals surface area contributed by atoms with Gasteiger partial charge < -0.3 is 11.1 Å². The van der Waals surface area contributed by atoms with Crippen molar-refractivity contribution in [2.24, 2.45) is 5.73 Å². The van der Waals surface area contributed by atoms with Crippen LogP contribution in [0.5, 0.6) is 0 Å². The summed E-state index contributed by atoms with van der Waals surface area (Å²) in [4.78, 5) is 20.9. The van der Waals surface area contributed by atoms with Crippen molar-refractivity contribution in [3.05, 3.63) is 53.0 Å². The van der Waals surface area contributed by atoms with E-state index in [9.17, 15) is 18.0 Å². The molecule has 1 aliphatic rings. The minimum Gasteiger partial charge on any atom is -0.368 e. The van der Waals surface area contributed by atoms with Crippen molar-refractivity contribution in [2.45, 2.75) is 43.4 Å². The highest BCUT2D eigenvalue weighted by atomic mass is 32.1. The lowest BCUT2D eigenvalue weighted by Gasteiger charge is -2.41. The smallest absolute Gasteiger partial charge is 0.260 e. The Morgan fingerprint density at radius 3 is 2.67 bits per heavy atom. The van der Waals surface area contributed by atoms with Crippen LogP contribution in [0.3, 0.4) is 0 Å². The molecule has 0 bridgehead atoms. The summed E-state index contributed by atoms with van der Waals surface area (Å²) in [6.07, 6.45) is 4.75. The Morgan fingerprint density at radius 2 is 2.03 bits per heavy atom. The molecule has 3 heterocycles. The molecule has 0 radical (unpaired) electrons. The molecule has 1 aliphatic carbocycles. The number of halogens is 3. The molecule has 0 spiro atoms.